The summed E-state index contributed by atoms with van der Waals surface area (Å²) in [5.74, 6) is 0.247. The molecule has 0 N–H and O–H groups in total. The molecule has 1 aromatic carbocycles. The van der Waals surface area contributed by atoms with Crippen LogP contribution in [-0.4, -0.2) is 24.0 Å². The van der Waals surface area contributed by atoms with Gasteiger partial charge in [0.1, 0.15) is 11.9 Å². The molecule has 4 heteroatoms. The van der Waals surface area contributed by atoms with Gasteiger partial charge in [-0.2, -0.15) is 0 Å². The second-order valence-corrected chi connectivity index (χ2v) is 6.65. The lowest BCUT2D eigenvalue weighted by atomic mass is 10.1. The lowest BCUT2D eigenvalue weighted by Gasteiger charge is -2.31. The molecule has 114 valence electrons. The predicted molar refractivity (Wildman–Crippen MR) is 82.5 cm³/mol. The van der Waals surface area contributed by atoms with Crippen LogP contribution < -0.4 is 4.90 Å². The van der Waals surface area contributed by atoms with E-state index in [0.29, 0.717) is 5.69 Å². The molecule has 2 rings (SSSR count). The van der Waals surface area contributed by atoms with Crippen molar-refractivity contribution in [2.45, 2.75) is 52.2 Å². The van der Waals surface area contributed by atoms with Crippen LogP contribution in [0.5, 0.6) is 0 Å². The molecule has 0 saturated heterocycles. The Balaban J connectivity index is 2.31. The molecule has 1 fully saturated rings. The highest BCUT2D eigenvalue weighted by Crippen LogP contribution is 2.37. The van der Waals surface area contributed by atoms with Gasteiger partial charge < -0.3 is 9.53 Å². The first kappa shape index (κ1) is 15.5. The molecule has 4 nitrogen and oxygen atoms in total. The maximum Gasteiger partial charge on any atom is 0.415 e. The zero-order valence-electron chi connectivity index (χ0n) is 13.1. The Labute approximate surface area is 126 Å². The van der Waals surface area contributed by atoms with Gasteiger partial charge >= 0.3 is 6.09 Å². The first-order valence-corrected chi connectivity index (χ1v) is 7.36. The van der Waals surface area contributed by atoms with E-state index in [0.717, 1.165) is 24.7 Å². The van der Waals surface area contributed by atoms with Crippen LogP contribution in [0.15, 0.2) is 24.3 Å². The minimum absolute atomic E-state index is 0.247. The summed E-state index contributed by atoms with van der Waals surface area (Å²) in [4.78, 5) is 25.5. The molecule has 1 aliphatic carbocycles. The number of aryl methyl sites for hydroxylation is 1. The minimum atomic E-state index is -0.586. The number of nitrogens with zero attached hydrogens (tertiary/aromatic N) is 1. The fourth-order valence-electron chi connectivity index (χ4n) is 2.24. The lowest BCUT2D eigenvalue weighted by Crippen LogP contribution is -2.45. The Morgan fingerprint density at radius 3 is 2.29 bits per heavy atom. The van der Waals surface area contributed by atoms with Crippen molar-refractivity contribution in [3.63, 3.8) is 0 Å². The largest absolute Gasteiger partial charge is 0.443 e. The number of rotatable bonds is 4. The van der Waals surface area contributed by atoms with Crippen LogP contribution in [0.2, 0.25) is 0 Å². The highest BCUT2D eigenvalue weighted by Gasteiger charge is 2.39. The fourth-order valence-corrected chi connectivity index (χ4v) is 2.24. The summed E-state index contributed by atoms with van der Waals surface area (Å²) in [6.45, 7) is 7.46. The number of anilines is 1. The van der Waals surface area contributed by atoms with E-state index in [1.807, 2.05) is 52.0 Å². The van der Waals surface area contributed by atoms with Crippen LogP contribution in [0.3, 0.4) is 0 Å². The van der Waals surface area contributed by atoms with E-state index in [9.17, 15) is 9.59 Å². The normalized spacial score (nSPS) is 16.2. The highest BCUT2D eigenvalue weighted by molar-refractivity contribution is 5.93. The molecule has 21 heavy (non-hydrogen) atoms. The third kappa shape index (κ3) is 4.06. The molecule has 1 amide bonds. The van der Waals surface area contributed by atoms with Gasteiger partial charge in [0.25, 0.3) is 0 Å². The molecule has 1 atom stereocenters. The van der Waals surface area contributed by atoms with Crippen LogP contribution in [-0.2, 0) is 9.53 Å². The van der Waals surface area contributed by atoms with Gasteiger partial charge in [0.2, 0.25) is 0 Å². The van der Waals surface area contributed by atoms with Gasteiger partial charge in [-0.25, -0.2) is 4.79 Å². The van der Waals surface area contributed by atoms with E-state index in [-0.39, 0.29) is 5.92 Å². The summed E-state index contributed by atoms with van der Waals surface area (Å²) in [6, 6.07) is 7.14. The van der Waals surface area contributed by atoms with E-state index >= 15 is 0 Å². The van der Waals surface area contributed by atoms with Crippen molar-refractivity contribution in [1.29, 1.82) is 0 Å². The molecule has 0 aromatic heterocycles. The monoisotopic (exact) mass is 289 g/mol. The van der Waals surface area contributed by atoms with Gasteiger partial charge in [-0.3, -0.25) is 4.90 Å². The Morgan fingerprint density at radius 2 is 1.86 bits per heavy atom. The zero-order chi connectivity index (χ0) is 15.6. The van der Waals surface area contributed by atoms with Crippen molar-refractivity contribution < 1.29 is 14.3 Å². The van der Waals surface area contributed by atoms with Crippen molar-refractivity contribution in [3.8, 4) is 0 Å². The van der Waals surface area contributed by atoms with E-state index in [1.54, 1.807) is 0 Å². The molecule has 1 saturated carbocycles. The number of hydrogen-bond acceptors (Lipinski definition) is 3. The summed E-state index contributed by atoms with van der Waals surface area (Å²) in [5.41, 5.74) is 1.23. The third-order valence-electron chi connectivity index (χ3n) is 3.44. The maximum atomic E-state index is 12.5. The van der Waals surface area contributed by atoms with Crippen LogP contribution in [0, 0.1) is 12.8 Å². The standard InChI is InChI=1S/C17H23NO3/c1-12-5-9-14(10-6-12)18(15(11-19)13-7-8-13)16(20)21-17(2,3)4/h5-6,9-11,13,15H,7-8H2,1-4H3. The number of carbonyl (C=O) groups is 2. The topological polar surface area (TPSA) is 46.6 Å². The maximum absolute atomic E-state index is 12.5. The molecule has 0 radical (unpaired) electrons. The Bertz CT molecular complexity index is 512. The van der Waals surface area contributed by atoms with Gasteiger partial charge in [0.05, 0.1) is 6.04 Å². The van der Waals surface area contributed by atoms with Crippen molar-refractivity contribution in [3.05, 3.63) is 29.8 Å². The van der Waals surface area contributed by atoms with Crippen LogP contribution in [0.1, 0.15) is 39.2 Å². The Kier molecular flexibility index (Phi) is 4.35. The van der Waals surface area contributed by atoms with E-state index in [1.165, 1.54) is 4.90 Å². The van der Waals surface area contributed by atoms with Gasteiger partial charge in [-0.15, -0.1) is 0 Å². The molecule has 1 unspecified atom stereocenters. The summed E-state index contributed by atoms with van der Waals surface area (Å²) < 4.78 is 5.47. The van der Waals surface area contributed by atoms with E-state index in [4.69, 9.17) is 4.74 Å². The quantitative estimate of drug-likeness (QED) is 0.794. The first-order valence-electron chi connectivity index (χ1n) is 7.36. The first-order chi connectivity index (χ1) is 9.81. The molecular weight excluding hydrogens is 266 g/mol. The summed E-state index contributed by atoms with van der Waals surface area (Å²) in [5, 5.41) is 0. The van der Waals surface area contributed by atoms with Crippen LogP contribution in [0.25, 0.3) is 0 Å². The Hall–Kier alpha value is -1.84. The molecule has 1 aliphatic rings. The lowest BCUT2D eigenvalue weighted by molar-refractivity contribution is -0.109. The Morgan fingerprint density at radius 1 is 1.29 bits per heavy atom. The van der Waals surface area contributed by atoms with Crippen molar-refractivity contribution in [2.24, 2.45) is 5.92 Å². The average molecular weight is 289 g/mol. The molecule has 0 aliphatic heterocycles. The van der Waals surface area contributed by atoms with Gasteiger partial charge in [-0.1, -0.05) is 17.7 Å². The SMILES string of the molecule is Cc1ccc(N(C(=O)OC(C)(C)C)C(C=O)C2CC2)cc1. The molecular formula is C17H23NO3. The number of hydrogen-bond donors (Lipinski definition) is 0. The summed E-state index contributed by atoms with van der Waals surface area (Å²) in [7, 11) is 0. The van der Waals surface area contributed by atoms with Crippen molar-refractivity contribution in [2.75, 3.05) is 4.90 Å². The van der Waals surface area contributed by atoms with Crippen LogP contribution >= 0.6 is 0 Å². The smallest absolute Gasteiger partial charge is 0.415 e. The fraction of sp³-hybridized carbons (Fsp3) is 0.529. The average Bonchev–Trinajstić information content (AvgIpc) is 3.19. The number of aldehydes is 1. The number of ether oxygens (including phenoxy) is 1. The predicted octanol–water partition coefficient (Wildman–Crippen LogP) is 3.71. The number of benzene rings is 1. The van der Waals surface area contributed by atoms with Gasteiger partial charge in [0.15, 0.2) is 0 Å². The summed E-state index contributed by atoms with van der Waals surface area (Å²) in [6.07, 6.45) is 2.36. The van der Waals surface area contributed by atoms with Crippen LogP contribution in [0.4, 0.5) is 10.5 Å². The molecule has 0 spiro atoms. The molecule has 0 heterocycles. The van der Waals surface area contributed by atoms with Gasteiger partial charge in [-0.05, 0) is 58.6 Å². The highest BCUT2D eigenvalue weighted by atomic mass is 16.6. The minimum Gasteiger partial charge on any atom is -0.443 e. The molecule has 1 aromatic rings. The van der Waals surface area contributed by atoms with Gasteiger partial charge in [0, 0.05) is 5.69 Å². The number of amides is 1. The molecule has 0 bridgehead atoms. The number of carbonyl (C=O) groups excluding carboxylic acids is 2. The third-order valence-corrected chi connectivity index (χ3v) is 3.44. The second-order valence-electron chi connectivity index (χ2n) is 6.65. The van der Waals surface area contributed by atoms with E-state index in [2.05, 4.69) is 0 Å². The zero-order valence-corrected chi connectivity index (χ0v) is 13.1. The summed E-state index contributed by atoms with van der Waals surface area (Å²) >= 11 is 0. The second kappa shape index (κ2) is 5.88. The van der Waals surface area contributed by atoms with E-state index < -0.39 is 17.7 Å². The van der Waals surface area contributed by atoms with Crippen molar-refractivity contribution in [1.82, 2.24) is 0 Å². The van der Waals surface area contributed by atoms with Crippen molar-refractivity contribution >= 4 is 18.1 Å².